The number of nitrogens with zero attached hydrogens (tertiary/aromatic N) is 2. The monoisotopic (exact) mass is 521 g/mol. The van der Waals surface area contributed by atoms with Crippen LogP contribution in [0, 0.1) is 5.82 Å². The molecule has 36 heavy (non-hydrogen) atoms. The van der Waals surface area contributed by atoms with Crippen LogP contribution in [0.4, 0.5) is 23.2 Å². The van der Waals surface area contributed by atoms with Gasteiger partial charge in [0.25, 0.3) is 0 Å². The Balaban J connectivity index is 1.63. The summed E-state index contributed by atoms with van der Waals surface area (Å²) in [6, 6.07) is 14.8. The van der Waals surface area contributed by atoms with E-state index in [2.05, 4.69) is 10.4 Å². The highest BCUT2D eigenvalue weighted by molar-refractivity contribution is 6.30. The molecule has 0 bridgehead atoms. The number of aromatic hydroxyl groups is 1. The van der Waals surface area contributed by atoms with Crippen molar-refractivity contribution in [3.05, 3.63) is 83.3 Å². The summed E-state index contributed by atoms with van der Waals surface area (Å²) in [5.41, 5.74) is -2.63. The zero-order valence-corrected chi connectivity index (χ0v) is 20.2. The van der Waals surface area contributed by atoms with E-state index in [0.29, 0.717) is 22.3 Å². The first-order valence-corrected chi connectivity index (χ1v) is 11.4. The number of hydrogen-bond donors (Lipinski definition) is 3. The second-order valence-corrected chi connectivity index (χ2v) is 9.81. The lowest BCUT2D eigenvalue weighted by atomic mass is 9.74. The van der Waals surface area contributed by atoms with E-state index in [1.54, 1.807) is 35.0 Å². The molecule has 0 aliphatic carbocycles. The molecule has 0 aliphatic rings. The van der Waals surface area contributed by atoms with E-state index < -0.39 is 36.0 Å². The number of benzene rings is 3. The maximum absolute atomic E-state index is 14.2. The zero-order valence-electron chi connectivity index (χ0n) is 19.4. The number of rotatable bonds is 7. The summed E-state index contributed by atoms with van der Waals surface area (Å²) in [6.45, 7) is 2.19. The van der Waals surface area contributed by atoms with Gasteiger partial charge in [0.15, 0.2) is 5.60 Å². The second-order valence-electron chi connectivity index (χ2n) is 9.38. The molecular formula is C26H24ClF4N3O2. The molecule has 3 aromatic carbocycles. The van der Waals surface area contributed by atoms with E-state index in [4.69, 9.17) is 11.6 Å². The van der Waals surface area contributed by atoms with Gasteiger partial charge < -0.3 is 15.5 Å². The SMILES string of the molecule is CC(C)(CC(O)(CNc1cccc2c1cnn2-c1ccc(F)cc1)C(F)(F)F)c1ccc(Cl)cc1O. The fourth-order valence-corrected chi connectivity index (χ4v) is 4.57. The molecule has 0 spiro atoms. The lowest BCUT2D eigenvalue weighted by Crippen LogP contribution is -2.53. The average Bonchev–Trinajstić information content (AvgIpc) is 3.21. The lowest BCUT2D eigenvalue weighted by Gasteiger charge is -2.38. The van der Waals surface area contributed by atoms with Gasteiger partial charge in [0.1, 0.15) is 11.6 Å². The first kappa shape index (κ1) is 25.8. The Hall–Kier alpha value is -3.30. The van der Waals surface area contributed by atoms with E-state index in [0.717, 1.165) is 0 Å². The van der Waals surface area contributed by atoms with Gasteiger partial charge >= 0.3 is 6.18 Å². The summed E-state index contributed by atoms with van der Waals surface area (Å²) < 4.78 is 57.4. The minimum absolute atomic E-state index is 0.234. The van der Waals surface area contributed by atoms with Gasteiger partial charge in [0, 0.05) is 16.1 Å². The Labute approximate surface area is 209 Å². The van der Waals surface area contributed by atoms with Crippen molar-refractivity contribution >= 4 is 28.2 Å². The van der Waals surface area contributed by atoms with Gasteiger partial charge in [-0.3, -0.25) is 0 Å². The van der Waals surface area contributed by atoms with Crippen LogP contribution in [0.1, 0.15) is 25.8 Å². The number of halogens is 5. The quantitative estimate of drug-likeness (QED) is 0.240. The molecule has 0 fully saturated rings. The van der Waals surface area contributed by atoms with Crippen molar-refractivity contribution in [2.24, 2.45) is 0 Å². The van der Waals surface area contributed by atoms with Crippen molar-refractivity contribution in [3.8, 4) is 11.4 Å². The lowest BCUT2D eigenvalue weighted by molar-refractivity contribution is -0.260. The minimum atomic E-state index is -4.97. The first-order chi connectivity index (χ1) is 16.8. The zero-order chi connectivity index (χ0) is 26.3. The standard InChI is InChI=1S/C26H24ClF4N3O2/c1-24(2,20-11-6-16(27)12-23(20)35)14-25(36,26(29,30)31)15-32-21-4-3-5-22-19(21)13-33-34(22)18-9-7-17(28)8-10-18/h3-13,32,35-36H,14-15H2,1-2H3. The summed E-state index contributed by atoms with van der Waals surface area (Å²) in [7, 11) is 0. The van der Waals surface area contributed by atoms with E-state index in [9.17, 15) is 27.8 Å². The molecule has 4 aromatic rings. The molecule has 1 unspecified atom stereocenters. The van der Waals surface area contributed by atoms with Crippen molar-refractivity contribution in [3.63, 3.8) is 0 Å². The number of nitrogens with one attached hydrogen (secondary N) is 1. The molecule has 10 heteroatoms. The highest BCUT2D eigenvalue weighted by atomic mass is 35.5. The third-order valence-electron chi connectivity index (χ3n) is 6.21. The van der Waals surface area contributed by atoms with Gasteiger partial charge in [-0.25, -0.2) is 9.07 Å². The van der Waals surface area contributed by atoms with Crippen molar-refractivity contribution in [1.82, 2.24) is 9.78 Å². The van der Waals surface area contributed by atoms with Crippen LogP contribution in [0.3, 0.4) is 0 Å². The number of aromatic nitrogens is 2. The van der Waals surface area contributed by atoms with E-state index >= 15 is 0 Å². The van der Waals surface area contributed by atoms with Crippen LogP contribution in [0.5, 0.6) is 5.75 Å². The molecule has 0 amide bonds. The third-order valence-corrected chi connectivity index (χ3v) is 6.44. The third kappa shape index (κ3) is 4.99. The molecule has 0 saturated heterocycles. The maximum Gasteiger partial charge on any atom is 0.418 e. The number of fused-ring (bicyclic) bond motifs is 1. The van der Waals surface area contributed by atoms with E-state index in [1.165, 1.54) is 50.4 Å². The van der Waals surface area contributed by atoms with Crippen molar-refractivity contribution in [1.29, 1.82) is 0 Å². The molecule has 3 N–H and O–H groups in total. The van der Waals surface area contributed by atoms with Gasteiger partial charge in [-0.05, 0) is 65.9 Å². The van der Waals surface area contributed by atoms with Crippen LogP contribution in [0.2, 0.25) is 5.02 Å². The van der Waals surface area contributed by atoms with Crippen LogP contribution in [0.15, 0.2) is 66.9 Å². The summed E-state index contributed by atoms with van der Waals surface area (Å²) in [6.07, 6.45) is -4.20. The number of hydrogen-bond acceptors (Lipinski definition) is 4. The fraction of sp³-hybridized carbons (Fsp3) is 0.269. The summed E-state index contributed by atoms with van der Waals surface area (Å²) in [5.74, 6) is -0.651. The van der Waals surface area contributed by atoms with Crippen LogP contribution in [0.25, 0.3) is 16.6 Å². The Bertz CT molecular complexity index is 1390. The average molecular weight is 522 g/mol. The van der Waals surface area contributed by atoms with Crippen LogP contribution < -0.4 is 5.32 Å². The van der Waals surface area contributed by atoms with Gasteiger partial charge in [0.05, 0.1) is 23.9 Å². The highest BCUT2D eigenvalue weighted by Crippen LogP contribution is 2.44. The highest BCUT2D eigenvalue weighted by Gasteiger charge is 2.56. The number of phenols is 1. The van der Waals surface area contributed by atoms with Crippen LogP contribution in [-0.2, 0) is 5.41 Å². The van der Waals surface area contributed by atoms with Crippen LogP contribution in [-0.4, -0.2) is 38.3 Å². The predicted molar refractivity (Wildman–Crippen MR) is 131 cm³/mol. The Morgan fingerprint density at radius 3 is 2.36 bits per heavy atom. The normalized spacial score (nSPS) is 14.1. The Morgan fingerprint density at radius 2 is 1.72 bits per heavy atom. The molecule has 0 saturated carbocycles. The number of anilines is 1. The van der Waals surface area contributed by atoms with Crippen molar-refractivity contribution in [2.75, 3.05) is 11.9 Å². The van der Waals surface area contributed by atoms with Gasteiger partial charge in [-0.1, -0.05) is 37.6 Å². The largest absolute Gasteiger partial charge is 0.508 e. The van der Waals surface area contributed by atoms with Gasteiger partial charge in [-0.2, -0.15) is 18.3 Å². The van der Waals surface area contributed by atoms with E-state index in [1.807, 2.05) is 0 Å². The summed E-state index contributed by atoms with van der Waals surface area (Å²) >= 11 is 5.86. The molecule has 1 aromatic heterocycles. The number of phenolic OH excluding ortho intramolecular Hbond substituents is 1. The summed E-state index contributed by atoms with van der Waals surface area (Å²) in [5, 5.41) is 29.0. The van der Waals surface area contributed by atoms with E-state index in [-0.39, 0.29) is 16.3 Å². The second kappa shape index (κ2) is 9.29. The molecular weight excluding hydrogens is 498 g/mol. The molecule has 190 valence electrons. The molecule has 5 nitrogen and oxygen atoms in total. The van der Waals surface area contributed by atoms with Crippen molar-refractivity contribution < 1.29 is 27.8 Å². The van der Waals surface area contributed by atoms with Gasteiger partial charge in [0.2, 0.25) is 0 Å². The Morgan fingerprint density at radius 1 is 1.03 bits per heavy atom. The van der Waals surface area contributed by atoms with Gasteiger partial charge in [-0.15, -0.1) is 0 Å². The molecule has 4 rings (SSSR count). The van der Waals surface area contributed by atoms with Crippen LogP contribution >= 0.6 is 11.6 Å². The minimum Gasteiger partial charge on any atom is -0.508 e. The Kier molecular flexibility index (Phi) is 6.66. The number of alkyl halides is 3. The topological polar surface area (TPSA) is 70.3 Å². The smallest absolute Gasteiger partial charge is 0.418 e. The maximum atomic E-state index is 14.2. The summed E-state index contributed by atoms with van der Waals surface area (Å²) in [4.78, 5) is 0. The first-order valence-electron chi connectivity index (χ1n) is 11.1. The molecule has 0 aliphatic heterocycles. The van der Waals surface area contributed by atoms with Crippen molar-refractivity contribution in [2.45, 2.75) is 37.5 Å². The number of aliphatic hydroxyl groups is 1. The molecule has 0 radical (unpaired) electrons. The molecule has 1 atom stereocenters. The fourth-order valence-electron chi connectivity index (χ4n) is 4.40. The predicted octanol–water partition coefficient (Wildman–Crippen LogP) is 6.60. The molecule has 1 heterocycles.